The minimum Gasteiger partial charge on any atom is -0.473 e. The van der Waals surface area contributed by atoms with E-state index in [-0.39, 0.29) is 0 Å². The number of piperazine rings is 1. The molecular weight excluding hydrogens is 252 g/mol. The fourth-order valence-electron chi connectivity index (χ4n) is 2.37. The molecule has 0 aromatic rings. The number of rotatable bonds is 1. The molecule has 2 fully saturated rings. The summed E-state index contributed by atoms with van der Waals surface area (Å²) in [6.45, 7) is 5.49. The van der Waals surface area contributed by atoms with E-state index in [1.807, 2.05) is 0 Å². The lowest BCUT2D eigenvalue weighted by molar-refractivity contribution is -0.159. The van der Waals surface area contributed by atoms with Crippen LogP contribution in [0.4, 0.5) is 0 Å². The Hall–Kier alpha value is -1.18. The zero-order chi connectivity index (χ0) is 14.3. The van der Waals surface area contributed by atoms with E-state index >= 15 is 0 Å². The van der Waals surface area contributed by atoms with Gasteiger partial charge in [-0.1, -0.05) is 0 Å². The first-order chi connectivity index (χ1) is 9.00. The lowest BCUT2D eigenvalue weighted by Gasteiger charge is -2.37. The number of carboxylic acid groups (broad SMARTS) is 2. The van der Waals surface area contributed by atoms with Crippen LogP contribution in [0.25, 0.3) is 0 Å². The Bertz CT molecular complexity index is 292. The quantitative estimate of drug-likeness (QED) is 0.553. The molecule has 0 radical (unpaired) electrons. The van der Waals surface area contributed by atoms with E-state index in [0.29, 0.717) is 6.04 Å². The van der Waals surface area contributed by atoms with Gasteiger partial charge in [0.25, 0.3) is 0 Å². The third-order valence-corrected chi connectivity index (χ3v) is 3.43. The number of carbonyl (C=O) groups is 2. The van der Waals surface area contributed by atoms with Crippen LogP contribution in [-0.2, 0) is 14.3 Å². The molecule has 2 rings (SSSR count). The van der Waals surface area contributed by atoms with Crippen LogP contribution in [0.2, 0.25) is 0 Å². The Labute approximate surface area is 112 Å². The van der Waals surface area contributed by atoms with Crippen molar-refractivity contribution in [3.63, 3.8) is 0 Å². The van der Waals surface area contributed by atoms with Crippen LogP contribution in [0, 0.1) is 5.92 Å². The summed E-state index contributed by atoms with van der Waals surface area (Å²) in [5.74, 6) is -2.80. The summed E-state index contributed by atoms with van der Waals surface area (Å²) < 4.78 is 5.38. The largest absolute Gasteiger partial charge is 0.473 e. The van der Waals surface area contributed by atoms with E-state index in [1.165, 1.54) is 25.9 Å². The molecule has 7 nitrogen and oxygen atoms in total. The van der Waals surface area contributed by atoms with E-state index < -0.39 is 11.9 Å². The van der Waals surface area contributed by atoms with Gasteiger partial charge in [0.1, 0.15) is 0 Å². The molecule has 2 aliphatic rings. The van der Waals surface area contributed by atoms with Crippen molar-refractivity contribution in [1.29, 1.82) is 0 Å². The predicted octanol–water partition coefficient (Wildman–Crippen LogP) is -0.528. The monoisotopic (exact) mass is 274 g/mol. The molecule has 7 heteroatoms. The zero-order valence-corrected chi connectivity index (χ0v) is 11.2. The molecule has 2 aliphatic heterocycles. The van der Waals surface area contributed by atoms with Gasteiger partial charge < -0.3 is 25.2 Å². The van der Waals surface area contributed by atoms with E-state index in [4.69, 9.17) is 24.5 Å². The van der Waals surface area contributed by atoms with Gasteiger partial charge in [0.15, 0.2) is 0 Å². The highest BCUT2D eigenvalue weighted by Crippen LogP contribution is 2.20. The molecule has 110 valence electrons. The van der Waals surface area contributed by atoms with Gasteiger partial charge in [-0.2, -0.15) is 0 Å². The number of nitrogens with zero attached hydrogens (tertiary/aromatic N) is 1. The summed E-state index contributed by atoms with van der Waals surface area (Å²) in [5.41, 5.74) is 0. The highest BCUT2D eigenvalue weighted by Gasteiger charge is 2.26. The number of nitrogens with one attached hydrogen (secondary N) is 1. The smallest absolute Gasteiger partial charge is 0.414 e. The lowest BCUT2D eigenvalue weighted by atomic mass is 9.90. The van der Waals surface area contributed by atoms with Crippen molar-refractivity contribution in [2.75, 3.05) is 39.9 Å². The number of likely N-dealkylation sites (N-methyl/N-ethyl adjacent to an activating group) is 1. The maximum absolute atomic E-state index is 9.10. The van der Waals surface area contributed by atoms with Crippen LogP contribution in [0.5, 0.6) is 0 Å². The van der Waals surface area contributed by atoms with Gasteiger partial charge in [0.05, 0.1) is 0 Å². The molecular formula is C12H22N2O5. The molecule has 0 aliphatic carbocycles. The topological polar surface area (TPSA) is 99.1 Å². The van der Waals surface area contributed by atoms with Crippen molar-refractivity contribution in [2.45, 2.75) is 18.9 Å². The lowest BCUT2D eigenvalue weighted by Crippen LogP contribution is -2.53. The number of carboxylic acids is 2. The van der Waals surface area contributed by atoms with E-state index in [1.54, 1.807) is 0 Å². The Kier molecular flexibility index (Phi) is 6.75. The minimum atomic E-state index is -1.82. The second kappa shape index (κ2) is 8.08. The van der Waals surface area contributed by atoms with Gasteiger partial charge in [-0.05, 0) is 25.8 Å². The van der Waals surface area contributed by atoms with Crippen LogP contribution in [0.15, 0.2) is 0 Å². The molecule has 0 amide bonds. The van der Waals surface area contributed by atoms with E-state index in [2.05, 4.69) is 17.3 Å². The third-order valence-electron chi connectivity index (χ3n) is 3.43. The first-order valence-corrected chi connectivity index (χ1v) is 6.46. The Morgan fingerprint density at radius 2 is 1.79 bits per heavy atom. The summed E-state index contributed by atoms with van der Waals surface area (Å²) in [6.07, 6.45) is 2.48. The average Bonchev–Trinajstić information content (AvgIpc) is 2.40. The summed E-state index contributed by atoms with van der Waals surface area (Å²) >= 11 is 0. The van der Waals surface area contributed by atoms with Crippen molar-refractivity contribution in [1.82, 2.24) is 10.2 Å². The average molecular weight is 274 g/mol. The molecule has 1 unspecified atom stereocenters. The zero-order valence-electron chi connectivity index (χ0n) is 11.2. The van der Waals surface area contributed by atoms with Crippen molar-refractivity contribution in [3.8, 4) is 0 Å². The summed E-state index contributed by atoms with van der Waals surface area (Å²) in [7, 11) is 2.22. The second-order valence-electron chi connectivity index (χ2n) is 4.88. The van der Waals surface area contributed by atoms with Crippen molar-refractivity contribution < 1.29 is 24.5 Å². The van der Waals surface area contributed by atoms with Gasteiger partial charge in [0.2, 0.25) is 0 Å². The van der Waals surface area contributed by atoms with Crippen molar-refractivity contribution in [2.24, 2.45) is 5.92 Å². The van der Waals surface area contributed by atoms with Crippen LogP contribution in [0.1, 0.15) is 12.8 Å². The van der Waals surface area contributed by atoms with Gasteiger partial charge in [-0.3, -0.25) is 0 Å². The molecule has 0 aromatic carbocycles. The normalized spacial score (nSPS) is 25.2. The van der Waals surface area contributed by atoms with Gasteiger partial charge in [-0.15, -0.1) is 0 Å². The molecule has 1 atom stereocenters. The summed E-state index contributed by atoms with van der Waals surface area (Å²) in [6, 6.07) is 0.711. The van der Waals surface area contributed by atoms with E-state index in [0.717, 1.165) is 25.7 Å². The second-order valence-corrected chi connectivity index (χ2v) is 4.88. The molecule has 0 bridgehead atoms. The van der Waals surface area contributed by atoms with Gasteiger partial charge >= 0.3 is 11.9 Å². The maximum Gasteiger partial charge on any atom is 0.414 e. The molecule has 2 heterocycles. The SMILES string of the molecule is CN1CCNC(C2CCOCC2)C1.O=C(O)C(=O)O. The number of hydrogen-bond donors (Lipinski definition) is 3. The summed E-state index contributed by atoms with van der Waals surface area (Å²) in [4.78, 5) is 20.6. The third kappa shape index (κ3) is 6.00. The predicted molar refractivity (Wildman–Crippen MR) is 68.1 cm³/mol. The molecule has 0 spiro atoms. The Balaban J connectivity index is 0.000000258. The van der Waals surface area contributed by atoms with Gasteiger partial charge in [-0.25, -0.2) is 9.59 Å². The molecule has 19 heavy (non-hydrogen) atoms. The van der Waals surface area contributed by atoms with E-state index in [9.17, 15) is 0 Å². The first kappa shape index (κ1) is 15.9. The Morgan fingerprint density at radius 1 is 1.21 bits per heavy atom. The van der Waals surface area contributed by atoms with Crippen molar-refractivity contribution in [3.05, 3.63) is 0 Å². The fourth-order valence-corrected chi connectivity index (χ4v) is 2.37. The van der Waals surface area contributed by atoms with Crippen molar-refractivity contribution >= 4 is 11.9 Å². The molecule has 0 saturated carbocycles. The van der Waals surface area contributed by atoms with Crippen LogP contribution in [-0.4, -0.2) is 73.0 Å². The molecule has 3 N–H and O–H groups in total. The maximum atomic E-state index is 9.10. The minimum absolute atomic E-state index is 0.711. The number of ether oxygens (including phenoxy) is 1. The fraction of sp³-hybridized carbons (Fsp3) is 0.833. The number of hydrogen-bond acceptors (Lipinski definition) is 5. The van der Waals surface area contributed by atoms with Gasteiger partial charge in [0, 0.05) is 38.9 Å². The van der Waals surface area contributed by atoms with Crippen LogP contribution in [0.3, 0.4) is 0 Å². The summed E-state index contributed by atoms with van der Waals surface area (Å²) in [5, 5.41) is 18.4. The first-order valence-electron chi connectivity index (χ1n) is 6.46. The standard InChI is InChI=1S/C10H20N2O.C2H2O4/c1-12-5-4-11-10(8-12)9-2-6-13-7-3-9;3-1(4)2(5)6/h9-11H,2-8H2,1H3;(H,3,4)(H,5,6). The number of aliphatic carboxylic acids is 2. The molecule has 2 saturated heterocycles. The Morgan fingerprint density at radius 3 is 2.26 bits per heavy atom. The molecule has 0 aromatic heterocycles. The van der Waals surface area contributed by atoms with Crippen LogP contribution < -0.4 is 5.32 Å². The highest BCUT2D eigenvalue weighted by atomic mass is 16.5. The van der Waals surface area contributed by atoms with Crippen LogP contribution >= 0.6 is 0 Å². The highest BCUT2D eigenvalue weighted by molar-refractivity contribution is 6.27.